The highest BCUT2D eigenvalue weighted by molar-refractivity contribution is 7.76. The summed E-state index contributed by atoms with van der Waals surface area (Å²) in [6.07, 6.45) is 41.9. The summed E-state index contributed by atoms with van der Waals surface area (Å²) < 4.78 is 23.9. The topological polar surface area (TPSA) is 71.1 Å². The number of rotatable bonds is 40. The van der Waals surface area contributed by atoms with Crippen LogP contribution >= 0.6 is 19.0 Å². The van der Waals surface area contributed by atoms with Gasteiger partial charge in [-0.1, -0.05) is 248 Å². The van der Waals surface area contributed by atoms with Gasteiger partial charge in [0.1, 0.15) is 11.5 Å². The monoisotopic (exact) mass is 957 g/mol. The SMILES string of the molecule is CCCCCCCCCCCCCCCCCCOC(=O)c1ccc(OP(Cl)Oc2ccc(C(=O)OCCCCCCCCCCCCCCCCCC)cc2C(C)(C)C)c(C(C)(C)C)c1. The Morgan fingerprint density at radius 3 is 0.894 bits per heavy atom. The molecule has 0 atom stereocenters. The second-order valence-electron chi connectivity index (χ2n) is 21.2. The van der Waals surface area contributed by atoms with Crippen LogP contribution in [0.2, 0.25) is 0 Å². The molecule has 0 saturated heterocycles. The third-order valence-electron chi connectivity index (χ3n) is 12.8. The lowest BCUT2D eigenvalue weighted by atomic mass is 9.85. The highest BCUT2D eigenvalue weighted by atomic mass is 35.7. The van der Waals surface area contributed by atoms with Gasteiger partial charge in [0.15, 0.2) is 0 Å². The zero-order valence-electron chi connectivity index (χ0n) is 43.8. The summed E-state index contributed by atoms with van der Waals surface area (Å²) in [6, 6.07) is 10.8. The third-order valence-corrected chi connectivity index (χ3v) is 13.9. The Labute approximate surface area is 412 Å². The maximum absolute atomic E-state index is 13.1. The first-order valence-corrected chi connectivity index (χ1v) is 29.3. The van der Waals surface area contributed by atoms with Gasteiger partial charge in [0.05, 0.1) is 24.3 Å². The molecule has 8 heteroatoms. The molecule has 0 heterocycles. The molecule has 66 heavy (non-hydrogen) atoms. The lowest BCUT2D eigenvalue weighted by Crippen LogP contribution is -2.16. The molecule has 0 saturated carbocycles. The van der Waals surface area contributed by atoms with E-state index in [1.807, 2.05) is 12.1 Å². The van der Waals surface area contributed by atoms with Crippen molar-refractivity contribution in [2.24, 2.45) is 0 Å². The number of hydrogen-bond acceptors (Lipinski definition) is 6. The van der Waals surface area contributed by atoms with Gasteiger partial charge in [0.25, 0.3) is 0 Å². The standard InChI is InChI=1S/C58H98ClO6P/c1-9-11-13-15-17-19-21-23-25-27-29-31-33-35-37-39-45-62-55(60)49-41-43-53(51(47-49)57(3,4)5)64-66(59)65-54-44-42-50(48-52(54)58(6,7)8)56(61)63-46-40-38-36-34-32-30-28-26-24-22-20-18-16-14-12-10-2/h41-44,47-48H,9-40,45-46H2,1-8H3. The van der Waals surface area contributed by atoms with E-state index in [0.717, 1.165) is 36.8 Å². The number of carbonyl (C=O) groups excluding carboxylic acids is 2. The lowest BCUT2D eigenvalue weighted by molar-refractivity contribution is 0.0488. The van der Waals surface area contributed by atoms with Crippen molar-refractivity contribution < 1.29 is 28.1 Å². The minimum absolute atomic E-state index is 0.323. The van der Waals surface area contributed by atoms with E-state index in [-0.39, 0.29) is 22.8 Å². The largest absolute Gasteiger partial charge is 0.462 e. The molecule has 2 aromatic carbocycles. The summed E-state index contributed by atoms with van der Waals surface area (Å²) in [6.45, 7) is 17.9. The van der Waals surface area contributed by atoms with E-state index in [9.17, 15) is 9.59 Å². The minimum atomic E-state index is -1.92. The summed E-state index contributed by atoms with van der Waals surface area (Å²) in [5.41, 5.74) is 2.00. The second kappa shape index (κ2) is 36.7. The predicted molar refractivity (Wildman–Crippen MR) is 284 cm³/mol. The second-order valence-corrected chi connectivity index (χ2v) is 22.8. The molecule has 0 amide bonds. The smallest absolute Gasteiger partial charge is 0.401 e. The summed E-state index contributed by atoms with van der Waals surface area (Å²) >= 11 is 6.81. The fourth-order valence-electron chi connectivity index (χ4n) is 8.62. The number of carbonyl (C=O) groups is 2. The zero-order chi connectivity index (χ0) is 48.3. The molecule has 0 bridgehead atoms. The Morgan fingerprint density at radius 2 is 0.652 bits per heavy atom. The Balaban J connectivity index is 1.73. The zero-order valence-corrected chi connectivity index (χ0v) is 45.4. The van der Waals surface area contributed by atoms with Crippen LogP contribution in [0, 0.1) is 0 Å². The van der Waals surface area contributed by atoms with Crippen molar-refractivity contribution in [1.29, 1.82) is 0 Å². The first-order chi connectivity index (χ1) is 31.8. The molecule has 0 fully saturated rings. The normalized spacial score (nSPS) is 11.9. The first kappa shape index (κ1) is 59.8. The highest BCUT2D eigenvalue weighted by Gasteiger charge is 2.27. The summed E-state index contributed by atoms with van der Waals surface area (Å²) in [4.78, 5) is 26.2. The van der Waals surface area contributed by atoms with Crippen molar-refractivity contribution >= 4 is 30.9 Å². The molecular weight excluding hydrogens is 859 g/mol. The lowest BCUT2D eigenvalue weighted by Gasteiger charge is -2.26. The molecule has 0 aliphatic carbocycles. The van der Waals surface area contributed by atoms with Crippen molar-refractivity contribution in [3.63, 3.8) is 0 Å². The Hall–Kier alpha value is -2.30. The Bertz CT molecular complexity index is 1430. The van der Waals surface area contributed by atoms with Crippen LogP contribution in [-0.2, 0) is 20.3 Å². The minimum Gasteiger partial charge on any atom is -0.462 e. The molecule has 0 aliphatic rings. The molecule has 0 N–H and O–H groups in total. The molecule has 6 nitrogen and oxygen atoms in total. The van der Waals surface area contributed by atoms with Gasteiger partial charge < -0.3 is 18.5 Å². The van der Waals surface area contributed by atoms with Crippen molar-refractivity contribution in [3.05, 3.63) is 58.7 Å². The maximum atomic E-state index is 13.1. The summed E-state index contributed by atoms with van der Waals surface area (Å²) in [5.74, 6) is 0.473. The molecule has 2 rings (SSSR count). The quantitative estimate of drug-likeness (QED) is 0.0376. The van der Waals surface area contributed by atoms with E-state index >= 15 is 0 Å². The van der Waals surface area contributed by atoms with Crippen LogP contribution in [0.15, 0.2) is 36.4 Å². The van der Waals surface area contributed by atoms with Crippen LogP contribution in [0.3, 0.4) is 0 Å². The maximum Gasteiger partial charge on any atom is 0.401 e. The van der Waals surface area contributed by atoms with Gasteiger partial charge in [-0.15, -0.1) is 0 Å². The van der Waals surface area contributed by atoms with Crippen LogP contribution in [0.4, 0.5) is 0 Å². The van der Waals surface area contributed by atoms with Gasteiger partial charge in [-0.2, -0.15) is 0 Å². The molecule has 0 spiro atoms. The number of hydrogen-bond donors (Lipinski definition) is 0. The molecule has 0 aliphatic heterocycles. The first-order valence-electron chi connectivity index (χ1n) is 27.2. The Kier molecular flexibility index (Phi) is 33.2. The number of benzene rings is 2. The molecule has 2 aromatic rings. The fraction of sp³-hybridized carbons (Fsp3) is 0.759. The summed E-state index contributed by atoms with van der Waals surface area (Å²) in [7, 11) is -1.92. The van der Waals surface area contributed by atoms with Gasteiger partial charge in [0.2, 0.25) is 0 Å². The van der Waals surface area contributed by atoms with Crippen LogP contribution in [-0.4, -0.2) is 25.2 Å². The van der Waals surface area contributed by atoms with Crippen molar-refractivity contribution in [3.8, 4) is 11.5 Å². The van der Waals surface area contributed by atoms with Gasteiger partial charge >= 0.3 is 19.7 Å². The number of ether oxygens (including phenoxy) is 2. The third kappa shape index (κ3) is 28.3. The average molecular weight is 958 g/mol. The van der Waals surface area contributed by atoms with E-state index in [4.69, 9.17) is 29.8 Å². The van der Waals surface area contributed by atoms with Crippen LogP contribution < -0.4 is 9.05 Å². The van der Waals surface area contributed by atoms with Crippen molar-refractivity contribution in [2.75, 3.05) is 13.2 Å². The Morgan fingerprint density at radius 1 is 0.409 bits per heavy atom. The number of esters is 2. The van der Waals surface area contributed by atoms with Crippen LogP contribution in [0.5, 0.6) is 11.5 Å². The van der Waals surface area contributed by atoms with Gasteiger partial charge in [-0.3, -0.25) is 0 Å². The fourth-order valence-corrected chi connectivity index (χ4v) is 9.73. The van der Waals surface area contributed by atoms with Crippen LogP contribution in [0.25, 0.3) is 0 Å². The van der Waals surface area contributed by atoms with E-state index in [1.165, 1.54) is 180 Å². The highest BCUT2D eigenvalue weighted by Crippen LogP contribution is 2.49. The van der Waals surface area contributed by atoms with Gasteiger partial charge in [-0.25, -0.2) is 9.59 Å². The van der Waals surface area contributed by atoms with E-state index in [2.05, 4.69) is 55.4 Å². The van der Waals surface area contributed by atoms with E-state index in [1.54, 1.807) is 24.3 Å². The van der Waals surface area contributed by atoms with E-state index in [0.29, 0.717) is 35.8 Å². The van der Waals surface area contributed by atoms with Crippen LogP contribution in [0.1, 0.15) is 293 Å². The molecule has 378 valence electrons. The molecule has 0 radical (unpaired) electrons. The van der Waals surface area contributed by atoms with Gasteiger partial charge in [-0.05, 0) is 71.3 Å². The van der Waals surface area contributed by atoms with Gasteiger partial charge in [0, 0.05) is 11.1 Å². The molecule has 0 aromatic heterocycles. The molecule has 0 unspecified atom stereocenters. The van der Waals surface area contributed by atoms with Crippen molar-refractivity contribution in [2.45, 2.75) is 272 Å². The number of halogens is 1. The number of unbranched alkanes of at least 4 members (excludes halogenated alkanes) is 30. The van der Waals surface area contributed by atoms with E-state index < -0.39 is 7.73 Å². The molecular formula is C58H98ClO6P. The predicted octanol–water partition coefficient (Wildman–Crippen LogP) is 20.0. The average Bonchev–Trinajstić information content (AvgIpc) is 3.27. The summed E-state index contributed by atoms with van der Waals surface area (Å²) in [5, 5.41) is 0. The van der Waals surface area contributed by atoms with Crippen molar-refractivity contribution in [1.82, 2.24) is 0 Å².